The Morgan fingerprint density at radius 1 is 0.782 bits per heavy atom. The molecule has 1 amide bonds. The number of ether oxygens (including phenoxy) is 5. The summed E-state index contributed by atoms with van der Waals surface area (Å²) in [4.78, 5) is 103. The fourth-order valence-electron chi connectivity index (χ4n) is 12.7. The standard InChI is InChI=1S/C59H84N4O15/c1-33-26-37(5)51(66)53(76-10)52(67)38(6)27-34(2)47(65)32-49(35(3)28-40-20-24-46(64)50(30-40)75-9)77-56(70)45-18-14-15-25-60(45)55(69)54(68)59(73)39(7)19-22-43(78-59)31-48(74-8)36(4)29-42-21-23-44(33)63-58(72)61(57(71)62(42)63)41-16-12-11-13-17-41/h11-13,16-17,21,23,27,29,33-35,37,39-40,42-46,48-50,52-53,64,67,73H,14-15,18-20,22,24-26,28,30-32H2,1-10H3/b36-29-,38-27-/t33-,34+,35+,37+,39+,40-,42?,43-,44?,45?,46+,48-,49-,50+,52+,53-,59+/m0/s1. The van der Waals surface area contributed by atoms with Crippen molar-refractivity contribution in [2.24, 2.45) is 35.5 Å². The van der Waals surface area contributed by atoms with Crippen LogP contribution in [0.15, 0.2) is 75.4 Å². The molecule has 0 radical (unpaired) electrons. The summed E-state index contributed by atoms with van der Waals surface area (Å²) in [6.07, 6.45) is 5.18. The van der Waals surface area contributed by atoms with E-state index in [0.29, 0.717) is 68.2 Å². The summed E-state index contributed by atoms with van der Waals surface area (Å²) in [5.74, 6) is -9.44. The number of aliphatic hydroxyl groups excluding tert-OH is 2. The van der Waals surface area contributed by atoms with Crippen molar-refractivity contribution in [1.82, 2.24) is 18.8 Å². The van der Waals surface area contributed by atoms with Gasteiger partial charge in [-0.2, -0.15) is 0 Å². The fourth-order valence-corrected chi connectivity index (χ4v) is 12.7. The average Bonchev–Trinajstić information content (AvgIpc) is 3.85. The van der Waals surface area contributed by atoms with Crippen molar-refractivity contribution in [3.63, 3.8) is 0 Å². The second-order valence-corrected chi connectivity index (χ2v) is 23.1. The lowest BCUT2D eigenvalue weighted by atomic mass is 9.78. The topological polar surface area (TPSA) is 244 Å². The minimum atomic E-state index is -2.55. The van der Waals surface area contributed by atoms with Crippen LogP contribution in [0.1, 0.15) is 138 Å². The van der Waals surface area contributed by atoms with E-state index in [1.54, 1.807) is 71.2 Å². The molecule has 78 heavy (non-hydrogen) atoms. The molecule has 6 aliphatic rings. The Morgan fingerprint density at radius 3 is 2.17 bits per heavy atom. The van der Waals surface area contributed by atoms with E-state index in [0.717, 1.165) is 9.47 Å². The summed E-state index contributed by atoms with van der Waals surface area (Å²) in [5.41, 5.74) is 0.138. The number of ketones is 3. The summed E-state index contributed by atoms with van der Waals surface area (Å²) in [5, 5.41) is 34.5. The number of esters is 1. The highest BCUT2D eigenvalue weighted by molar-refractivity contribution is 6.39. The number of aliphatic hydroxyl groups is 3. The van der Waals surface area contributed by atoms with Gasteiger partial charge < -0.3 is 43.9 Å². The second kappa shape index (κ2) is 26.0. The Labute approximate surface area is 457 Å². The molecule has 17 atom stereocenters. The van der Waals surface area contributed by atoms with E-state index in [4.69, 9.17) is 23.7 Å². The van der Waals surface area contributed by atoms with E-state index in [2.05, 4.69) is 0 Å². The first-order chi connectivity index (χ1) is 37.0. The third-order valence-electron chi connectivity index (χ3n) is 17.6. The first-order valence-corrected chi connectivity index (χ1v) is 28.1. The zero-order chi connectivity index (χ0) is 56.9. The summed E-state index contributed by atoms with van der Waals surface area (Å²) < 4.78 is 33.8. The van der Waals surface area contributed by atoms with Gasteiger partial charge in [0.2, 0.25) is 5.79 Å². The average molecular weight is 1090 g/mol. The van der Waals surface area contributed by atoms with Crippen molar-refractivity contribution in [3.8, 4) is 5.69 Å². The second-order valence-electron chi connectivity index (χ2n) is 23.1. The van der Waals surface area contributed by atoms with E-state index in [1.165, 1.54) is 23.6 Å². The van der Waals surface area contributed by atoms with Crippen LogP contribution in [0, 0.1) is 35.5 Å². The molecule has 1 saturated carbocycles. The maximum Gasteiger partial charge on any atom is 0.352 e. The van der Waals surface area contributed by atoms with Crippen molar-refractivity contribution >= 4 is 29.2 Å². The molecule has 0 spiro atoms. The molecule has 2 saturated heterocycles. The van der Waals surface area contributed by atoms with Crippen LogP contribution in [0.25, 0.3) is 5.69 Å². The van der Waals surface area contributed by atoms with Crippen LogP contribution in [0.4, 0.5) is 0 Å². The molecule has 430 valence electrons. The number of fused-ring (bicyclic) bond motifs is 15. The molecule has 2 aromatic rings. The SMILES string of the molecule is CO[C@H]1C[C@@H]2CC[C@@H](C)[C@@](O)(O2)C(=O)C(=O)N2CCCCC2C(=O)O[C@H]([C@H](C)C[C@@H]2CC[C@@H](O)[C@H](OC)C2)CC(=O)[C@H](C)/C=C(/C)[C@@H](O)[C@@H](OC)C(=O)[C@H](C)C[C@H](C)C2C=CC(/C=C\1C)n1c(=O)n(-c3ccccc3)c(=O)n12. The number of allylic oxidation sites excluding steroid dienone is 4. The quantitative estimate of drug-likeness (QED) is 0.175. The van der Waals surface area contributed by atoms with Crippen LogP contribution < -0.4 is 11.4 Å². The van der Waals surface area contributed by atoms with Crippen molar-refractivity contribution < 1.29 is 63.0 Å². The van der Waals surface area contributed by atoms with E-state index >= 15 is 0 Å². The number of rotatable bonds is 7. The summed E-state index contributed by atoms with van der Waals surface area (Å²) in [6, 6.07) is 5.89. The number of benzene rings is 1. The Bertz CT molecular complexity index is 2690. The van der Waals surface area contributed by atoms with Crippen LogP contribution in [-0.4, -0.2) is 146 Å². The number of carbonyl (C=O) groups excluding carboxylic acids is 5. The lowest BCUT2D eigenvalue weighted by molar-refractivity contribution is -0.265. The number of amides is 1. The summed E-state index contributed by atoms with van der Waals surface area (Å²) in [7, 11) is 4.38. The van der Waals surface area contributed by atoms with Gasteiger partial charge in [0.05, 0.1) is 42.2 Å². The number of piperidine rings is 1. The van der Waals surface area contributed by atoms with Crippen molar-refractivity contribution in [2.45, 2.75) is 192 Å². The molecule has 3 unspecified atom stereocenters. The van der Waals surface area contributed by atoms with Crippen LogP contribution >= 0.6 is 0 Å². The molecule has 1 aromatic carbocycles. The molecule has 1 aliphatic carbocycles. The predicted molar refractivity (Wildman–Crippen MR) is 288 cm³/mol. The smallest absolute Gasteiger partial charge is 0.352 e. The summed E-state index contributed by atoms with van der Waals surface area (Å²) in [6.45, 7) is 12.2. The Balaban J connectivity index is 1.26. The van der Waals surface area contributed by atoms with Gasteiger partial charge in [-0.15, -0.1) is 0 Å². The Hall–Kier alpha value is -5.15. The van der Waals surface area contributed by atoms with E-state index < -0.39 is 119 Å². The van der Waals surface area contributed by atoms with Crippen LogP contribution in [0.3, 0.4) is 0 Å². The highest BCUT2D eigenvalue weighted by Crippen LogP contribution is 2.39. The molecular weight excluding hydrogens is 1000 g/mol. The van der Waals surface area contributed by atoms with Crippen molar-refractivity contribution in [2.75, 3.05) is 27.9 Å². The zero-order valence-corrected chi connectivity index (χ0v) is 47.2. The van der Waals surface area contributed by atoms with Gasteiger partial charge in [0.1, 0.15) is 30.1 Å². The van der Waals surface area contributed by atoms with Crippen LogP contribution in [-0.2, 0) is 47.7 Å². The molecular formula is C59H84N4O15. The monoisotopic (exact) mass is 1090 g/mol. The summed E-state index contributed by atoms with van der Waals surface area (Å²) >= 11 is 0. The van der Waals surface area contributed by atoms with Gasteiger partial charge in [-0.1, -0.05) is 77.1 Å². The third kappa shape index (κ3) is 12.9. The Morgan fingerprint density at radius 2 is 1.49 bits per heavy atom. The number of aromatic nitrogens is 3. The molecule has 5 aliphatic heterocycles. The normalized spacial score (nSPS) is 37.2. The third-order valence-corrected chi connectivity index (χ3v) is 17.6. The van der Waals surface area contributed by atoms with E-state index in [1.807, 2.05) is 39.0 Å². The Kier molecular flexibility index (Phi) is 20.1. The largest absolute Gasteiger partial charge is 0.460 e. The van der Waals surface area contributed by atoms with Crippen LogP contribution in [0.5, 0.6) is 0 Å². The van der Waals surface area contributed by atoms with Gasteiger partial charge in [0.25, 0.3) is 11.7 Å². The maximum absolute atomic E-state index is 14.6. The first-order valence-electron chi connectivity index (χ1n) is 28.1. The molecule has 1 aromatic heterocycles. The minimum Gasteiger partial charge on any atom is -0.460 e. The van der Waals surface area contributed by atoms with Gasteiger partial charge in [0.15, 0.2) is 5.78 Å². The molecule has 3 fully saturated rings. The molecule has 19 nitrogen and oxygen atoms in total. The number of Topliss-reactive ketones (excluding diaryl/α,β-unsaturated/α-hetero) is 3. The molecule has 8 rings (SSSR count). The number of hydrogen-bond acceptors (Lipinski definition) is 15. The molecule has 19 heteroatoms. The van der Waals surface area contributed by atoms with Crippen LogP contribution in [0.2, 0.25) is 0 Å². The van der Waals surface area contributed by atoms with Gasteiger partial charge in [-0.05, 0) is 119 Å². The lowest BCUT2D eigenvalue weighted by Gasteiger charge is -2.42. The predicted octanol–water partition coefficient (Wildman–Crippen LogP) is 5.53. The highest BCUT2D eigenvalue weighted by atomic mass is 16.6. The fraction of sp³-hybridized carbons (Fsp3) is 0.678. The number of methoxy groups -OCH3 is 3. The minimum absolute atomic E-state index is 0.0318. The van der Waals surface area contributed by atoms with Gasteiger partial charge in [-0.25, -0.2) is 28.3 Å². The van der Waals surface area contributed by atoms with Gasteiger partial charge in [0, 0.05) is 58.5 Å². The van der Waals surface area contributed by atoms with E-state index in [9.17, 15) is 48.9 Å². The molecule has 6 heterocycles. The molecule has 3 N–H and O–H groups in total. The number of para-hydroxylation sites is 1. The number of hydrogen-bond donors (Lipinski definition) is 3. The first kappa shape index (κ1) is 60.5. The number of carbonyl (C=O) groups is 5. The van der Waals surface area contributed by atoms with E-state index in [-0.39, 0.29) is 56.0 Å². The van der Waals surface area contributed by atoms with Gasteiger partial charge in [-0.3, -0.25) is 19.2 Å². The van der Waals surface area contributed by atoms with Gasteiger partial charge >= 0.3 is 17.3 Å². The maximum atomic E-state index is 14.6. The van der Waals surface area contributed by atoms with Crippen molar-refractivity contribution in [3.05, 3.63) is 86.8 Å². The zero-order valence-electron chi connectivity index (χ0n) is 47.2. The van der Waals surface area contributed by atoms with Crippen molar-refractivity contribution in [1.29, 1.82) is 0 Å². The lowest BCUT2D eigenvalue weighted by Crippen LogP contribution is -2.61. The molecule has 4 bridgehead atoms. The number of nitrogens with zero attached hydrogens (tertiary/aromatic N) is 4. The highest BCUT2D eigenvalue weighted by Gasteiger charge is 2.53.